The average Bonchev–Trinajstić information content (AvgIpc) is 3.30. The zero-order valence-corrected chi connectivity index (χ0v) is 18.4. The first-order chi connectivity index (χ1) is 16.0. The minimum atomic E-state index is -0.784. The second-order valence-corrected chi connectivity index (χ2v) is 8.17. The predicted octanol–water partition coefficient (Wildman–Crippen LogP) is 2.08. The molecule has 0 radical (unpaired) electrons. The fraction of sp³-hybridized carbons (Fsp3) is 0.320. The number of H-pyrrole nitrogens is 1. The van der Waals surface area contributed by atoms with Crippen molar-refractivity contribution in [3.63, 3.8) is 0 Å². The quantitative estimate of drug-likeness (QED) is 0.515. The molecule has 3 N–H and O–H groups in total. The Balaban J connectivity index is 1.19. The fourth-order valence-electron chi connectivity index (χ4n) is 3.99. The molecule has 0 aliphatic carbocycles. The van der Waals surface area contributed by atoms with E-state index in [-0.39, 0.29) is 37.1 Å². The van der Waals surface area contributed by atoms with Crippen LogP contribution in [0.25, 0.3) is 10.9 Å². The van der Waals surface area contributed by atoms with E-state index in [0.29, 0.717) is 31.9 Å². The number of piperazine rings is 1. The van der Waals surface area contributed by atoms with Crippen LogP contribution in [0.4, 0.5) is 0 Å². The van der Waals surface area contributed by atoms with Gasteiger partial charge in [-0.05, 0) is 17.7 Å². The minimum absolute atomic E-state index is 0.0640. The number of para-hydroxylation sites is 1. The monoisotopic (exact) mass is 448 g/mol. The molecule has 2 heterocycles. The van der Waals surface area contributed by atoms with Gasteiger partial charge in [0, 0.05) is 56.5 Å². The van der Waals surface area contributed by atoms with Gasteiger partial charge in [0.2, 0.25) is 11.8 Å². The molecule has 8 heteroatoms. The maximum Gasteiger partial charge on any atom is 0.270 e. The Morgan fingerprint density at radius 3 is 2.30 bits per heavy atom. The fourth-order valence-corrected chi connectivity index (χ4v) is 3.99. The van der Waals surface area contributed by atoms with Crippen molar-refractivity contribution < 1.29 is 19.5 Å². The summed E-state index contributed by atoms with van der Waals surface area (Å²) in [6, 6.07) is 18.7. The number of hydrogen-bond donors (Lipinski definition) is 3. The topological polar surface area (TPSA) is 106 Å². The highest BCUT2D eigenvalue weighted by molar-refractivity contribution is 5.98. The van der Waals surface area contributed by atoms with Crippen molar-refractivity contribution >= 4 is 28.6 Å². The summed E-state index contributed by atoms with van der Waals surface area (Å²) in [5.41, 5.74) is 2.20. The van der Waals surface area contributed by atoms with E-state index in [2.05, 4.69) is 10.3 Å². The zero-order valence-electron chi connectivity index (χ0n) is 18.4. The Morgan fingerprint density at radius 1 is 0.909 bits per heavy atom. The number of aliphatic hydroxyl groups excluding tert-OH is 1. The van der Waals surface area contributed by atoms with Crippen molar-refractivity contribution in [1.82, 2.24) is 20.1 Å². The van der Waals surface area contributed by atoms with Crippen molar-refractivity contribution in [2.75, 3.05) is 32.7 Å². The van der Waals surface area contributed by atoms with Gasteiger partial charge in [-0.3, -0.25) is 14.4 Å². The van der Waals surface area contributed by atoms with E-state index in [4.69, 9.17) is 0 Å². The molecule has 3 amide bonds. The van der Waals surface area contributed by atoms with E-state index in [1.54, 1.807) is 21.9 Å². The largest absolute Gasteiger partial charge is 0.387 e. The van der Waals surface area contributed by atoms with E-state index in [0.717, 1.165) is 16.5 Å². The van der Waals surface area contributed by atoms with Crippen molar-refractivity contribution in [3.05, 3.63) is 71.9 Å². The molecule has 33 heavy (non-hydrogen) atoms. The van der Waals surface area contributed by atoms with Gasteiger partial charge in [-0.2, -0.15) is 0 Å². The predicted molar refractivity (Wildman–Crippen MR) is 124 cm³/mol. The zero-order chi connectivity index (χ0) is 23.2. The number of rotatable bonds is 7. The summed E-state index contributed by atoms with van der Waals surface area (Å²) in [7, 11) is 0. The lowest BCUT2D eigenvalue weighted by Gasteiger charge is -2.34. The minimum Gasteiger partial charge on any atom is -0.387 e. The van der Waals surface area contributed by atoms with Gasteiger partial charge in [-0.25, -0.2) is 0 Å². The van der Waals surface area contributed by atoms with Crippen LogP contribution >= 0.6 is 0 Å². The summed E-state index contributed by atoms with van der Waals surface area (Å²) in [5, 5.41) is 13.8. The molecule has 4 rings (SSSR count). The number of benzene rings is 2. The summed E-state index contributed by atoms with van der Waals surface area (Å²) in [4.78, 5) is 44.0. The van der Waals surface area contributed by atoms with E-state index >= 15 is 0 Å². The summed E-state index contributed by atoms with van der Waals surface area (Å²) >= 11 is 0. The van der Waals surface area contributed by atoms with Crippen molar-refractivity contribution in [2.45, 2.75) is 18.9 Å². The van der Waals surface area contributed by atoms with Crippen LogP contribution in [0.1, 0.15) is 35.0 Å². The smallest absolute Gasteiger partial charge is 0.270 e. The first-order valence-corrected chi connectivity index (χ1v) is 11.2. The van der Waals surface area contributed by atoms with Crippen LogP contribution in [0.15, 0.2) is 60.7 Å². The van der Waals surface area contributed by atoms with Crippen LogP contribution in [0.2, 0.25) is 0 Å². The maximum absolute atomic E-state index is 12.8. The first kappa shape index (κ1) is 22.5. The molecular weight excluding hydrogens is 420 g/mol. The van der Waals surface area contributed by atoms with E-state index in [9.17, 15) is 19.5 Å². The number of nitrogens with one attached hydrogen (secondary N) is 2. The van der Waals surface area contributed by atoms with Crippen molar-refractivity contribution in [3.8, 4) is 0 Å². The van der Waals surface area contributed by atoms with E-state index < -0.39 is 6.10 Å². The lowest BCUT2D eigenvalue weighted by molar-refractivity contribution is -0.134. The number of aromatic amines is 1. The van der Waals surface area contributed by atoms with Gasteiger partial charge in [0.05, 0.1) is 6.10 Å². The number of aliphatic hydroxyl groups is 1. The number of nitrogens with zero attached hydrogens (tertiary/aromatic N) is 2. The summed E-state index contributed by atoms with van der Waals surface area (Å²) in [5.74, 6) is -0.452. The van der Waals surface area contributed by atoms with Crippen LogP contribution in [0.5, 0.6) is 0 Å². The second-order valence-electron chi connectivity index (χ2n) is 8.17. The van der Waals surface area contributed by atoms with Gasteiger partial charge in [-0.15, -0.1) is 0 Å². The molecule has 8 nitrogen and oxygen atoms in total. The maximum atomic E-state index is 12.8. The lowest BCUT2D eigenvalue weighted by atomic mass is 10.1. The van der Waals surface area contributed by atoms with Crippen LogP contribution in [0.3, 0.4) is 0 Å². The number of carbonyl (C=O) groups excluding carboxylic acids is 3. The van der Waals surface area contributed by atoms with Crippen LogP contribution in [0, 0.1) is 0 Å². The molecule has 1 atom stereocenters. The molecule has 1 unspecified atom stereocenters. The normalized spacial score (nSPS) is 14.8. The molecule has 172 valence electrons. The van der Waals surface area contributed by atoms with Crippen LogP contribution in [-0.2, 0) is 9.59 Å². The third kappa shape index (κ3) is 5.59. The molecule has 1 aliphatic heterocycles. The summed E-state index contributed by atoms with van der Waals surface area (Å²) in [6.45, 7) is 1.90. The van der Waals surface area contributed by atoms with Gasteiger partial charge in [0.25, 0.3) is 5.91 Å². The Kier molecular flexibility index (Phi) is 7.04. The molecule has 0 bridgehead atoms. The highest BCUT2D eigenvalue weighted by atomic mass is 16.3. The van der Waals surface area contributed by atoms with Crippen LogP contribution in [-0.4, -0.2) is 70.3 Å². The first-order valence-electron chi connectivity index (χ1n) is 11.2. The van der Waals surface area contributed by atoms with E-state index in [1.807, 2.05) is 48.5 Å². The SMILES string of the molecule is O=C(CCC(=O)N1CCN(C(=O)c2cc3ccccc3[nH]2)CC1)NCC(O)c1ccccc1. The van der Waals surface area contributed by atoms with Crippen molar-refractivity contribution in [1.29, 1.82) is 0 Å². The number of aromatic nitrogens is 1. The number of carbonyl (C=O) groups is 3. The Morgan fingerprint density at radius 2 is 1.58 bits per heavy atom. The third-order valence-corrected chi connectivity index (χ3v) is 5.92. The molecule has 0 spiro atoms. The highest BCUT2D eigenvalue weighted by Crippen LogP contribution is 2.17. The third-order valence-electron chi connectivity index (χ3n) is 5.92. The van der Waals surface area contributed by atoms with Crippen molar-refractivity contribution in [2.24, 2.45) is 0 Å². The molecule has 1 fully saturated rings. The Bertz CT molecular complexity index is 1090. The van der Waals surface area contributed by atoms with Crippen LogP contribution < -0.4 is 5.32 Å². The van der Waals surface area contributed by atoms with E-state index in [1.165, 1.54) is 0 Å². The number of hydrogen-bond acceptors (Lipinski definition) is 4. The lowest BCUT2D eigenvalue weighted by Crippen LogP contribution is -2.50. The number of amides is 3. The van der Waals surface area contributed by atoms with Gasteiger partial charge in [0.15, 0.2) is 0 Å². The summed E-state index contributed by atoms with van der Waals surface area (Å²) in [6.07, 6.45) is -0.619. The summed E-state index contributed by atoms with van der Waals surface area (Å²) < 4.78 is 0. The highest BCUT2D eigenvalue weighted by Gasteiger charge is 2.26. The molecule has 1 aliphatic rings. The molecular formula is C25H28N4O4. The molecule has 1 aromatic heterocycles. The molecule has 1 saturated heterocycles. The van der Waals surface area contributed by atoms with Gasteiger partial charge >= 0.3 is 0 Å². The number of fused-ring (bicyclic) bond motifs is 1. The standard InChI is InChI=1S/C25H28N4O4/c30-22(18-6-2-1-3-7-18)17-26-23(31)10-11-24(32)28-12-14-29(15-13-28)25(33)21-16-19-8-4-5-9-20(19)27-21/h1-9,16,22,27,30H,10-15,17H2,(H,26,31). The van der Waals surface area contributed by atoms with Gasteiger partial charge < -0.3 is 25.2 Å². The van der Waals surface area contributed by atoms with Gasteiger partial charge in [-0.1, -0.05) is 48.5 Å². The Hall–Kier alpha value is -3.65. The molecule has 3 aromatic rings. The second kappa shape index (κ2) is 10.3. The Labute approximate surface area is 192 Å². The van der Waals surface area contributed by atoms with Gasteiger partial charge in [0.1, 0.15) is 5.69 Å². The molecule has 0 saturated carbocycles. The average molecular weight is 449 g/mol. The molecule has 2 aromatic carbocycles.